The second-order valence-corrected chi connectivity index (χ2v) is 7.96. The molecule has 1 saturated heterocycles. The summed E-state index contributed by atoms with van der Waals surface area (Å²) in [6.07, 6.45) is 5.87. The first-order valence-corrected chi connectivity index (χ1v) is 10.2. The van der Waals surface area contributed by atoms with Crippen molar-refractivity contribution in [2.24, 2.45) is 7.05 Å². The highest BCUT2D eigenvalue weighted by atomic mass is 16.5. The van der Waals surface area contributed by atoms with Crippen molar-refractivity contribution in [2.45, 2.75) is 45.3 Å². The number of likely N-dealkylation sites (tertiary alicyclic amines) is 1. The Morgan fingerprint density at radius 3 is 2.79 bits per heavy atom. The molecule has 1 aliphatic heterocycles. The molecule has 154 valence electrons. The SMILES string of the molecule is COc1cc(CN2CCCC(c3nn(C)c4nccnc34)C2)ccc1OC(C)C. The third-order valence-electron chi connectivity index (χ3n) is 5.37. The molecule has 4 rings (SSSR count). The van der Waals surface area contributed by atoms with Crippen LogP contribution in [-0.4, -0.2) is 51.0 Å². The maximum Gasteiger partial charge on any atom is 0.176 e. The van der Waals surface area contributed by atoms with Crippen LogP contribution in [0.15, 0.2) is 30.6 Å². The molecule has 0 aliphatic carbocycles. The maximum absolute atomic E-state index is 5.84. The van der Waals surface area contributed by atoms with E-state index in [9.17, 15) is 0 Å². The topological polar surface area (TPSA) is 65.3 Å². The number of ether oxygens (including phenoxy) is 2. The Morgan fingerprint density at radius 2 is 2.00 bits per heavy atom. The highest BCUT2D eigenvalue weighted by Crippen LogP contribution is 2.32. The van der Waals surface area contributed by atoms with Crippen molar-refractivity contribution in [2.75, 3.05) is 20.2 Å². The predicted octanol–water partition coefficient (Wildman–Crippen LogP) is 3.54. The van der Waals surface area contributed by atoms with Crippen molar-refractivity contribution in [1.82, 2.24) is 24.6 Å². The van der Waals surface area contributed by atoms with E-state index in [1.54, 1.807) is 19.5 Å². The molecule has 1 atom stereocenters. The second kappa shape index (κ2) is 8.37. The van der Waals surface area contributed by atoms with Gasteiger partial charge in [0.2, 0.25) is 0 Å². The molecule has 29 heavy (non-hydrogen) atoms. The van der Waals surface area contributed by atoms with Crippen LogP contribution in [0.1, 0.15) is 43.9 Å². The van der Waals surface area contributed by atoms with Gasteiger partial charge in [0.25, 0.3) is 0 Å². The Labute approximate surface area is 171 Å². The number of hydrogen-bond acceptors (Lipinski definition) is 6. The molecule has 1 fully saturated rings. The molecule has 0 amide bonds. The first-order valence-electron chi connectivity index (χ1n) is 10.2. The monoisotopic (exact) mass is 395 g/mol. The Bertz CT molecular complexity index is 984. The van der Waals surface area contributed by atoms with Crippen molar-refractivity contribution >= 4 is 11.2 Å². The van der Waals surface area contributed by atoms with Gasteiger partial charge in [-0.2, -0.15) is 5.10 Å². The average molecular weight is 396 g/mol. The van der Waals surface area contributed by atoms with E-state index in [1.165, 1.54) is 5.56 Å². The molecule has 0 saturated carbocycles. The standard InChI is InChI=1S/C22H29N5O2/c1-15(2)29-18-8-7-16(12-19(18)28-4)13-27-11-5-6-17(14-27)20-21-22(26(3)25-20)24-10-9-23-21/h7-10,12,15,17H,5-6,11,13-14H2,1-4H3. The van der Waals surface area contributed by atoms with Gasteiger partial charge in [-0.15, -0.1) is 0 Å². The highest BCUT2D eigenvalue weighted by molar-refractivity contribution is 5.73. The van der Waals surface area contributed by atoms with E-state index < -0.39 is 0 Å². The number of aromatic nitrogens is 4. The number of hydrogen-bond donors (Lipinski definition) is 0. The molecule has 7 nitrogen and oxygen atoms in total. The summed E-state index contributed by atoms with van der Waals surface area (Å²) in [6.45, 7) is 6.97. The fourth-order valence-corrected chi connectivity index (χ4v) is 4.12. The fraction of sp³-hybridized carbons (Fsp3) is 0.500. The van der Waals surface area contributed by atoms with Gasteiger partial charge in [-0.3, -0.25) is 4.90 Å². The van der Waals surface area contributed by atoms with Crippen LogP contribution in [0.25, 0.3) is 11.2 Å². The summed E-state index contributed by atoms with van der Waals surface area (Å²) in [6, 6.07) is 6.23. The third kappa shape index (κ3) is 4.19. The smallest absolute Gasteiger partial charge is 0.176 e. The summed E-state index contributed by atoms with van der Waals surface area (Å²) < 4.78 is 13.2. The van der Waals surface area contributed by atoms with Crippen molar-refractivity contribution in [3.63, 3.8) is 0 Å². The summed E-state index contributed by atoms with van der Waals surface area (Å²) in [5, 5.41) is 4.75. The van der Waals surface area contributed by atoms with Crippen LogP contribution in [0.5, 0.6) is 11.5 Å². The van der Waals surface area contributed by atoms with Crippen molar-refractivity contribution in [3.05, 3.63) is 41.9 Å². The van der Waals surface area contributed by atoms with Gasteiger partial charge in [-0.25, -0.2) is 14.6 Å². The van der Waals surface area contributed by atoms with Gasteiger partial charge in [0.05, 0.1) is 18.9 Å². The quantitative estimate of drug-likeness (QED) is 0.636. The lowest BCUT2D eigenvalue weighted by Crippen LogP contribution is -2.34. The van der Waals surface area contributed by atoms with Crippen molar-refractivity contribution in [1.29, 1.82) is 0 Å². The van der Waals surface area contributed by atoms with E-state index >= 15 is 0 Å². The van der Waals surface area contributed by atoms with Crippen molar-refractivity contribution in [3.8, 4) is 11.5 Å². The van der Waals surface area contributed by atoms with Gasteiger partial charge >= 0.3 is 0 Å². The summed E-state index contributed by atoms with van der Waals surface area (Å²) in [5.41, 5.74) is 4.08. The number of methoxy groups -OCH3 is 1. The fourth-order valence-electron chi connectivity index (χ4n) is 4.12. The normalized spacial score (nSPS) is 17.8. The van der Waals surface area contributed by atoms with Gasteiger partial charge in [0.15, 0.2) is 17.1 Å². The van der Waals surface area contributed by atoms with E-state index in [1.807, 2.05) is 31.6 Å². The zero-order valence-corrected chi connectivity index (χ0v) is 17.6. The lowest BCUT2D eigenvalue weighted by Gasteiger charge is -2.32. The van der Waals surface area contributed by atoms with Crippen molar-refractivity contribution < 1.29 is 9.47 Å². The Kier molecular flexibility index (Phi) is 5.67. The van der Waals surface area contributed by atoms with Gasteiger partial charge in [0.1, 0.15) is 5.52 Å². The van der Waals surface area contributed by atoms with Crippen LogP contribution < -0.4 is 9.47 Å². The van der Waals surface area contributed by atoms with E-state index in [4.69, 9.17) is 14.6 Å². The number of benzene rings is 1. The highest BCUT2D eigenvalue weighted by Gasteiger charge is 2.26. The van der Waals surface area contributed by atoms with Crippen LogP contribution in [0, 0.1) is 0 Å². The summed E-state index contributed by atoms with van der Waals surface area (Å²) in [4.78, 5) is 11.5. The summed E-state index contributed by atoms with van der Waals surface area (Å²) >= 11 is 0. The van der Waals surface area contributed by atoms with Crippen LogP contribution in [0.3, 0.4) is 0 Å². The first kappa shape index (κ1) is 19.6. The number of aryl methyl sites for hydroxylation is 1. The Balaban J connectivity index is 1.50. The molecule has 0 spiro atoms. The molecular formula is C22H29N5O2. The molecule has 1 unspecified atom stereocenters. The zero-order valence-electron chi connectivity index (χ0n) is 17.6. The molecule has 3 aromatic rings. The summed E-state index contributed by atoms with van der Waals surface area (Å²) in [7, 11) is 3.63. The van der Waals surface area contributed by atoms with E-state index in [-0.39, 0.29) is 6.10 Å². The molecule has 3 heterocycles. The largest absolute Gasteiger partial charge is 0.493 e. The minimum Gasteiger partial charge on any atom is -0.493 e. The van der Waals surface area contributed by atoms with Gasteiger partial charge in [-0.1, -0.05) is 6.07 Å². The van der Waals surface area contributed by atoms with Gasteiger partial charge in [0, 0.05) is 38.4 Å². The maximum atomic E-state index is 5.84. The number of piperidine rings is 1. The minimum absolute atomic E-state index is 0.119. The molecule has 0 N–H and O–H groups in total. The molecule has 1 aliphatic rings. The Hall–Kier alpha value is -2.67. The number of fused-ring (bicyclic) bond motifs is 1. The third-order valence-corrected chi connectivity index (χ3v) is 5.37. The molecule has 7 heteroatoms. The molecule has 2 aromatic heterocycles. The molecule has 0 radical (unpaired) electrons. The van der Waals surface area contributed by atoms with Gasteiger partial charge < -0.3 is 9.47 Å². The van der Waals surface area contributed by atoms with Crippen LogP contribution >= 0.6 is 0 Å². The van der Waals surface area contributed by atoms with Crippen LogP contribution in [0.4, 0.5) is 0 Å². The summed E-state index contributed by atoms with van der Waals surface area (Å²) in [5.74, 6) is 1.95. The lowest BCUT2D eigenvalue weighted by molar-refractivity contribution is 0.198. The molecular weight excluding hydrogens is 366 g/mol. The predicted molar refractivity (Wildman–Crippen MR) is 112 cm³/mol. The lowest BCUT2D eigenvalue weighted by atomic mass is 9.94. The van der Waals surface area contributed by atoms with Crippen LogP contribution in [-0.2, 0) is 13.6 Å². The van der Waals surface area contributed by atoms with E-state index in [2.05, 4.69) is 27.0 Å². The minimum atomic E-state index is 0.119. The Morgan fingerprint density at radius 1 is 1.17 bits per heavy atom. The van der Waals surface area contributed by atoms with Gasteiger partial charge in [-0.05, 0) is 50.9 Å². The number of rotatable bonds is 6. The molecule has 0 bridgehead atoms. The van der Waals surface area contributed by atoms with E-state index in [0.29, 0.717) is 5.92 Å². The van der Waals surface area contributed by atoms with Crippen LogP contribution in [0.2, 0.25) is 0 Å². The number of nitrogens with zero attached hydrogens (tertiary/aromatic N) is 5. The average Bonchev–Trinajstić information content (AvgIpc) is 3.06. The second-order valence-electron chi connectivity index (χ2n) is 7.96. The first-order chi connectivity index (χ1) is 14.0. The zero-order chi connectivity index (χ0) is 20.4. The van der Waals surface area contributed by atoms with E-state index in [0.717, 1.165) is 60.8 Å². The molecule has 1 aromatic carbocycles.